The second-order valence-electron chi connectivity index (χ2n) is 5.03. The maximum atomic E-state index is 12.3. The van der Waals surface area contributed by atoms with Crippen molar-refractivity contribution in [1.29, 1.82) is 0 Å². The number of fused-ring (bicyclic) bond motifs is 1. The summed E-state index contributed by atoms with van der Waals surface area (Å²) in [7, 11) is 1.76. The molecule has 0 aliphatic heterocycles. The fourth-order valence-electron chi connectivity index (χ4n) is 2.21. The van der Waals surface area contributed by atoms with E-state index in [9.17, 15) is 4.79 Å². The van der Waals surface area contributed by atoms with Gasteiger partial charge in [-0.3, -0.25) is 9.89 Å². The monoisotopic (exact) mass is 340 g/mol. The highest BCUT2D eigenvalue weighted by atomic mass is 32.2. The van der Waals surface area contributed by atoms with Crippen LogP contribution in [0.1, 0.15) is 5.69 Å². The van der Waals surface area contributed by atoms with Crippen molar-refractivity contribution in [3.63, 3.8) is 0 Å². The molecule has 120 valence electrons. The van der Waals surface area contributed by atoms with Gasteiger partial charge in [0.1, 0.15) is 0 Å². The van der Waals surface area contributed by atoms with E-state index in [-0.39, 0.29) is 5.56 Å². The molecular formula is C14H12N8OS. The molecule has 0 bridgehead atoms. The Hall–Kier alpha value is -3.01. The lowest BCUT2D eigenvalue weighted by molar-refractivity contribution is 0.664. The van der Waals surface area contributed by atoms with E-state index in [0.717, 1.165) is 5.56 Å². The summed E-state index contributed by atoms with van der Waals surface area (Å²) in [4.78, 5) is 21.1. The first kappa shape index (κ1) is 14.6. The van der Waals surface area contributed by atoms with Gasteiger partial charge in [0.05, 0.1) is 5.69 Å². The average molecular weight is 340 g/mol. The zero-order valence-corrected chi connectivity index (χ0v) is 13.4. The topological polar surface area (TPSA) is 107 Å². The van der Waals surface area contributed by atoms with E-state index < -0.39 is 0 Å². The van der Waals surface area contributed by atoms with E-state index in [1.54, 1.807) is 11.7 Å². The molecule has 0 aliphatic carbocycles. The van der Waals surface area contributed by atoms with Crippen molar-refractivity contribution in [2.75, 3.05) is 0 Å². The third-order valence-electron chi connectivity index (χ3n) is 3.36. The van der Waals surface area contributed by atoms with Crippen molar-refractivity contribution in [1.82, 2.24) is 39.8 Å². The Morgan fingerprint density at radius 3 is 2.79 bits per heavy atom. The molecule has 0 saturated carbocycles. The molecule has 0 fully saturated rings. The van der Waals surface area contributed by atoms with Gasteiger partial charge in [-0.2, -0.15) is 9.50 Å². The molecule has 0 spiro atoms. The normalized spacial score (nSPS) is 11.2. The third kappa shape index (κ3) is 2.67. The minimum absolute atomic E-state index is 0.207. The number of thioether (sulfide) groups is 1. The van der Waals surface area contributed by atoms with Crippen molar-refractivity contribution in [3.8, 4) is 11.4 Å². The van der Waals surface area contributed by atoms with Crippen molar-refractivity contribution >= 4 is 17.5 Å². The zero-order chi connectivity index (χ0) is 16.5. The van der Waals surface area contributed by atoms with E-state index in [2.05, 4.69) is 30.6 Å². The summed E-state index contributed by atoms with van der Waals surface area (Å²) >= 11 is 1.41. The summed E-state index contributed by atoms with van der Waals surface area (Å²) in [5.74, 6) is 1.42. The van der Waals surface area contributed by atoms with Gasteiger partial charge in [-0.25, -0.2) is 9.67 Å². The quantitative estimate of drug-likeness (QED) is 0.550. The fraction of sp³-hybridized carbons (Fsp3) is 0.143. The highest BCUT2D eigenvalue weighted by molar-refractivity contribution is 7.98. The molecular weight excluding hydrogens is 328 g/mol. The maximum Gasteiger partial charge on any atom is 0.274 e. The van der Waals surface area contributed by atoms with Gasteiger partial charge < -0.3 is 0 Å². The van der Waals surface area contributed by atoms with E-state index in [4.69, 9.17) is 0 Å². The van der Waals surface area contributed by atoms with Crippen molar-refractivity contribution in [3.05, 3.63) is 52.4 Å². The number of aromatic amines is 1. The first-order valence-corrected chi connectivity index (χ1v) is 8.08. The molecule has 3 aromatic heterocycles. The second-order valence-corrected chi connectivity index (χ2v) is 5.98. The molecule has 0 unspecified atom stereocenters. The van der Waals surface area contributed by atoms with Gasteiger partial charge >= 0.3 is 0 Å². The molecule has 24 heavy (non-hydrogen) atoms. The Morgan fingerprint density at radius 1 is 1.21 bits per heavy atom. The van der Waals surface area contributed by atoms with Crippen molar-refractivity contribution < 1.29 is 0 Å². The summed E-state index contributed by atoms with van der Waals surface area (Å²) in [5.41, 5.74) is 1.31. The van der Waals surface area contributed by atoms with Crippen LogP contribution in [0.15, 0.2) is 46.3 Å². The van der Waals surface area contributed by atoms with E-state index in [1.165, 1.54) is 22.3 Å². The van der Waals surface area contributed by atoms with Gasteiger partial charge in [0.15, 0.2) is 5.82 Å². The first-order chi connectivity index (χ1) is 11.7. The number of hydrogen-bond donors (Lipinski definition) is 1. The van der Waals surface area contributed by atoms with Crippen LogP contribution in [0.5, 0.6) is 0 Å². The van der Waals surface area contributed by atoms with Gasteiger partial charge in [0.25, 0.3) is 11.3 Å². The lowest BCUT2D eigenvalue weighted by Crippen LogP contribution is -2.15. The lowest BCUT2D eigenvalue weighted by Gasteiger charge is -1.99. The molecule has 1 aromatic carbocycles. The molecule has 0 amide bonds. The zero-order valence-electron chi connectivity index (χ0n) is 12.6. The van der Waals surface area contributed by atoms with Crippen LogP contribution in [0.3, 0.4) is 0 Å². The van der Waals surface area contributed by atoms with Gasteiger partial charge in [-0.15, -0.1) is 5.10 Å². The SMILES string of the molecule is Cn1nnnc1SCc1cc(=O)n2[nH]c(-c3ccccc3)nc2n1. The highest BCUT2D eigenvalue weighted by Crippen LogP contribution is 2.18. The van der Waals surface area contributed by atoms with Crippen molar-refractivity contribution in [2.45, 2.75) is 10.9 Å². The predicted molar refractivity (Wildman–Crippen MR) is 87.4 cm³/mol. The Morgan fingerprint density at radius 2 is 2.04 bits per heavy atom. The van der Waals surface area contributed by atoms with Gasteiger partial charge in [0, 0.05) is 24.4 Å². The van der Waals surface area contributed by atoms with E-state index >= 15 is 0 Å². The van der Waals surface area contributed by atoms with Crippen LogP contribution in [0, 0.1) is 0 Å². The minimum Gasteiger partial charge on any atom is -0.271 e. The van der Waals surface area contributed by atoms with Crippen LogP contribution in [-0.2, 0) is 12.8 Å². The molecule has 10 heteroatoms. The number of nitrogens with one attached hydrogen (secondary N) is 1. The summed E-state index contributed by atoms with van der Waals surface area (Å²) < 4.78 is 2.90. The van der Waals surface area contributed by atoms with Crippen LogP contribution in [0.25, 0.3) is 17.2 Å². The van der Waals surface area contributed by atoms with Crippen molar-refractivity contribution in [2.24, 2.45) is 7.05 Å². The molecule has 0 radical (unpaired) electrons. The predicted octanol–water partition coefficient (Wildman–Crippen LogP) is 0.900. The number of H-pyrrole nitrogens is 1. The third-order valence-corrected chi connectivity index (χ3v) is 4.41. The largest absolute Gasteiger partial charge is 0.274 e. The number of benzene rings is 1. The lowest BCUT2D eigenvalue weighted by atomic mass is 10.2. The van der Waals surface area contributed by atoms with Crippen LogP contribution in [0.4, 0.5) is 0 Å². The van der Waals surface area contributed by atoms with Crippen LogP contribution < -0.4 is 5.56 Å². The van der Waals surface area contributed by atoms with Gasteiger partial charge in [0.2, 0.25) is 5.16 Å². The second kappa shape index (κ2) is 5.89. The Balaban J connectivity index is 1.67. The molecule has 4 aromatic rings. The van der Waals surface area contributed by atoms with E-state index in [0.29, 0.717) is 28.2 Å². The number of aryl methyl sites for hydroxylation is 1. The Labute approximate surface area is 139 Å². The fourth-order valence-corrected chi connectivity index (χ4v) is 2.95. The summed E-state index contributed by atoms with van der Waals surface area (Å²) in [6, 6.07) is 11.1. The molecule has 0 aliphatic rings. The number of hydrogen-bond acceptors (Lipinski definition) is 7. The Kier molecular flexibility index (Phi) is 3.58. The maximum absolute atomic E-state index is 12.3. The van der Waals surface area contributed by atoms with Gasteiger partial charge in [-0.05, 0) is 10.4 Å². The van der Waals surface area contributed by atoms with Crippen LogP contribution in [-0.4, -0.2) is 39.8 Å². The summed E-state index contributed by atoms with van der Waals surface area (Å²) in [6.45, 7) is 0. The number of tetrazole rings is 1. The molecule has 0 saturated heterocycles. The van der Waals surface area contributed by atoms with Crippen LogP contribution >= 0.6 is 11.8 Å². The molecule has 3 heterocycles. The summed E-state index contributed by atoms with van der Waals surface area (Å²) in [6.07, 6.45) is 0. The molecule has 9 nitrogen and oxygen atoms in total. The standard InChI is InChI=1S/C14H12N8OS/c1-21-14(17-19-20-21)24-8-10-7-11(23)22-13(15-10)16-12(18-22)9-5-3-2-4-6-9/h2-7H,8H2,1H3,(H,15,16,18). The molecule has 0 atom stereocenters. The Bertz CT molecular complexity index is 1050. The van der Waals surface area contributed by atoms with Gasteiger partial charge in [-0.1, -0.05) is 42.1 Å². The van der Waals surface area contributed by atoms with E-state index in [1.807, 2.05) is 30.3 Å². The number of rotatable bonds is 4. The molecule has 1 N–H and O–H groups in total. The smallest absolute Gasteiger partial charge is 0.271 e. The molecule has 4 rings (SSSR count). The average Bonchev–Trinajstić information content (AvgIpc) is 3.20. The number of nitrogens with zero attached hydrogens (tertiary/aromatic N) is 7. The summed E-state index contributed by atoms with van der Waals surface area (Å²) in [5, 5.41) is 14.9. The van der Waals surface area contributed by atoms with Crippen LogP contribution in [0.2, 0.25) is 0 Å². The highest BCUT2D eigenvalue weighted by Gasteiger charge is 2.11. The number of aromatic nitrogens is 8. The first-order valence-electron chi connectivity index (χ1n) is 7.10. The minimum atomic E-state index is -0.207.